The summed E-state index contributed by atoms with van der Waals surface area (Å²) in [5.74, 6) is -1.92. The van der Waals surface area contributed by atoms with Crippen molar-refractivity contribution in [2.75, 3.05) is 18.2 Å². The van der Waals surface area contributed by atoms with Gasteiger partial charge in [0.25, 0.3) is 5.91 Å². The molecule has 1 amide bonds. The first kappa shape index (κ1) is 25.2. The molecule has 2 aromatic rings. The molecule has 1 aliphatic heterocycles. The highest BCUT2D eigenvalue weighted by atomic mass is 16.5. The van der Waals surface area contributed by atoms with Crippen molar-refractivity contribution in [1.82, 2.24) is 15.3 Å². The standard InChI is InChI=1S/C25H32N4O5/c1-3-34-25(33)21(12-11-19-8-5-4-6-9-19)27-18(2)23(30)29-22(24(31)32)10-7-17-28(29)20-13-15-26-16-14-20/h4-6,8-9,13-16,18,21-22,27H,3,7,10-12,17H2,1-2H3,(H,31,32)/t18-,21-,22?/m0/s1. The van der Waals surface area contributed by atoms with Crippen molar-refractivity contribution < 1.29 is 24.2 Å². The Kier molecular flexibility index (Phi) is 8.98. The van der Waals surface area contributed by atoms with Gasteiger partial charge in [-0.2, -0.15) is 0 Å². The average molecular weight is 469 g/mol. The molecule has 1 unspecified atom stereocenters. The predicted molar refractivity (Wildman–Crippen MR) is 127 cm³/mol. The van der Waals surface area contributed by atoms with Crippen LogP contribution in [0.2, 0.25) is 0 Å². The Labute approximate surface area is 199 Å². The number of nitrogens with one attached hydrogen (secondary N) is 1. The molecule has 0 radical (unpaired) electrons. The number of esters is 1. The number of pyridine rings is 1. The Bertz CT molecular complexity index is 956. The van der Waals surface area contributed by atoms with Gasteiger partial charge in [-0.1, -0.05) is 30.3 Å². The third-order valence-electron chi connectivity index (χ3n) is 5.83. The van der Waals surface area contributed by atoms with Gasteiger partial charge in [-0.05, 0) is 57.2 Å². The minimum Gasteiger partial charge on any atom is -0.480 e. The molecular formula is C25H32N4O5. The van der Waals surface area contributed by atoms with E-state index in [4.69, 9.17) is 4.74 Å². The van der Waals surface area contributed by atoms with E-state index in [1.165, 1.54) is 5.01 Å². The first-order chi connectivity index (χ1) is 16.4. The van der Waals surface area contributed by atoms with Gasteiger partial charge in [0.05, 0.1) is 18.3 Å². The summed E-state index contributed by atoms with van der Waals surface area (Å²) < 4.78 is 5.23. The fraction of sp³-hybridized carbons (Fsp3) is 0.440. The number of ether oxygens (including phenoxy) is 1. The molecule has 2 N–H and O–H groups in total. The highest BCUT2D eigenvalue weighted by Crippen LogP contribution is 2.26. The number of carbonyl (C=O) groups excluding carboxylic acids is 2. The second-order valence-corrected chi connectivity index (χ2v) is 8.22. The van der Waals surface area contributed by atoms with Gasteiger partial charge in [-0.25, -0.2) is 9.80 Å². The molecule has 2 heterocycles. The van der Waals surface area contributed by atoms with Gasteiger partial charge in [0, 0.05) is 18.9 Å². The number of carbonyl (C=O) groups is 3. The Hall–Kier alpha value is -3.46. The zero-order valence-corrected chi connectivity index (χ0v) is 19.6. The monoisotopic (exact) mass is 468 g/mol. The van der Waals surface area contributed by atoms with Gasteiger partial charge in [-0.3, -0.25) is 24.9 Å². The fourth-order valence-corrected chi connectivity index (χ4v) is 4.14. The Balaban J connectivity index is 1.79. The SMILES string of the molecule is CCOC(=O)[C@H](CCc1ccccc1)N[C@@H](C)C(=O)N1C(C(=O)O)CCCN1c1ccncc1. The van der Waals surface area contributed by atoms with E-state index in [9.17, 15) is 19.5 Å². The number of anilines is 1. The second kappa shape index (κ2) is 12.1. The number of aromatic nitrogens is 1. The number of benzene rings is 1. The summed E-state index contributed by atoms with van der Waals surface area (Å²) in [6.07, 6.45) is 5.26. The Morgan fingerprint density at radius 3 is 2.53 bits per heavy atom. The molecule has 0 bridgehead atoms. The third kappa shape index (κ3) is 6.32. The molecule has 1 fully saturated rings. The average Bonchev–Trinajstić information content (AvgIpc) is 2.86. The van der Waals surface area contributed by atoms with E-state index in [1.807, 2.05) is 30.3 Å². The van der Waals surface area contributed by atoms with E-state index in [0.29, 0.717) is 37.9 Å². The van der Waals surface area contributed by atoms with Crippen molar-refractivity contribution in [2.24, 2.45) is 0 Å². The molecule has 182 valence electrons. The first-order valence-corrected chi connectivity index (χ1v) is 11.6. The van der Waals surface area contributed by atoms with Crippen LogP contribution in [-0.2, 0) is 25.5 Å². The van der Waals surface area contributed by atoms with Crippen LogP contribution < -0.4 is 10.3 Å². The third-order valence-corrected chi connectivity index (χ3v) is 5.83. The van der Waals surface area contributed by atoms with E-state index in [2.05, 4.69) is 10.3 Å². The maximum absolute atomic E-state index is 13.6. The molecule has 1 aromatic carbocycles. The minimum atomic E-state index is -1.06. The van der Waals surface area contributed by atoms with Crippen molar-refractivity contribution in [3.63, 3.8) is 0 Å². The predicted octanol–water partition coefficient (Wildman–Crippen LogP) is 2.42. The number of rotatable bonds is 10. The van der Waals surface area contributed by atoms with Crippen LogP contribution in [0.4, 0.5) is 5.69 Å². The largest absolute Gasteiger partial charge is 0.480 e. The van der Waals surface area contributed by atoms with E-state index in [0.717, 1.165) is 5.56 Å². The summed E-state index contributed by atoms with van der Waals surface area (Å²) in [5.41, 5.74) is 1.76. The Morgan fingerprint density at radius 1 is 1.18 bits per heavy atom. The first-order valence-electron chi connectivity index (χ1n) is 11.6. The molecule has 34 heavy (non-hydrogen) atoms. The number of hydrogen-bond donors (Lipinski definition) is 2. The molecule has 0 aliphatic carbocycles. The number of aliphatic carboxylic acids is 1. The molecule has 0 saturated carbocycles. The number of carboxylic acid groups (broad SMARTS) is 1. The highest BCUT2D eigenvalue weighted by molar-refractivity contribution is 5.89. The lowest BCUT2D eigenvalue weighted by Crippen LogP contribution is -2.63. The molecular weight excluding hydrogens is 436 g/mol. The van der Waals surface area contributed by atoms with Crippen LogP contribution in [0, 0.1) is 0 Å². The minimum absolute atomic E-state index is 0.230. The number of hydrazine groups is 1. The summed E-state index contributed by atoms with van der Waals surface area (Å²) in [6.45, 7) is 4.11. The molecule has 9 heteroatoms. The van der Waals surface area contributed by atoms with Gasteiger partial charge >= 0.3 is 11.9 Å². The molecule has 9 nitrogen and oxygen atoms in total. The number of hydrogen-bond acceptors (Lipinski definition) is 7. The molecule has 3 atom stereocenters. The van der Waals surface area contributed by atoms with Crippen molar-refractivity contribution in [1.29, 1.82) is 0 Å². The molecule has 3 rings (SSSR count). The van der Waals surface area contributed by atoms with Gasteiger partial charge in [-0.15, -0.1) is 0 Å². The van der Waals surface area contributed by atoms with E-state index in [1.54, 1.807) is 43.4 Å². The molecule has 0 spiro atoms. The quantitative estimate of drug-likeness (QED) is 0.512. The lowest BCUT2D eigenvalue weighted by Gasteiger charge is -2.44. The lowest BCUT2D eigenvalue weighted by molar-refractivity contribution is -0.154. The number of aryl methyl sites for hydroxylation is 1. The van der Waals surface area contributed by atoms with E-state index in [-0.39, 0.29) is 6.61 Å². The molecule has 1 aromatic heterocycles. The van der Waals surface area contributed by atoms with E-state index < -0.39 is 36.0 Å². The molecule has 1 saturated heterocycles. The van der Waals surface area contributed by atoms with Crippen LogP contribution in [0.25, 0.3) is 0 Å². The molecule has 1 aliphatic rings. The van der Waals surface area contributed by atoms with Crippen LogP contribution in [0.3, 0.4) is 0 Å². The van der Waals surface area contributed by atoms with Crippen LogP contribution in [-0.4, -0.2) is 64.2 Å². The van der Waals surface area contributed by atoms with Crippen LogP contribution in [0.5, 0.6) is 0 Å². The van der Waals surface area contributed by atoms with Crippen molar-refractivity contribution >= 4 is 23.5 Å². The normalized spacial score (nSPS) is 17.6. The summed E-state index contributed by atoms with van der Waals surface area (Å²) in [4.78, 5) is 42.2. The van der Waals surface area contributed by atoms with Crippen molar-refractivity contribution in [2.45, 2.75) is 57.7 Å². The maximum Gasteiger partial charge on any atom is 0.328 e. The van der Waals surface area contributed by atoms with Crippen LogP contribution in [0.15, 0.2) is 54.9 Å². The van der Waals surface area contributed by atoms with Crippen molar-refractivity contribution in [3.05, 3.63) is 60.4 Å². The fourth-order valence-electron chi connectivity index (χ4n) is 4.14. The summed E-state index contributed by atoms with van der Waals surface area (Å²) in [7, 11) is 0. The highest BCUT2D eigenvalue weighted by Gasteiger charge is 2.40. The van der Waals surface area contributed by atoms with Crippen LogP contribution in [0.1, 0.15) is 38.7 Å². The summed E-state index contributed by atoms with van der Waals surface area (Å²) in [5, 5.41) is 15.9. The van der Waals surface area contributed by atoms with Gasteiger partial charge in [0.1, 0.15) is 6.04 Å². The summed E-state index contributed by atoms with van der Waals surface area (Å²) in [6, 6.07) is 10.7. The Morgan fingerprint density at radius 2 is 1.88 bits per heavy atom. The number of amides is 1. The van der Waals surface area contributed by atoms with Gasteiger partial charge in [0.2, 0.25) is 0 Å². The topological polar surface area (TPSA) is 112 Å². The smallest absolute Gasteiger partial charge is 0.328 e. The van der Waals surface area contributed by atoms with Crippen molar-refractivity contribution in [3.8, 4) is 0 Å². The lowest BCUT2D eigenvalue weighted by atomic mass is 10.0. The second-order valence-electron chi connectivity index (χ2n) is 8.22. The maximum atomic E-state index is 13.6. The van der Waals surface area contributed by atoms with Gasteiger partial charge < -0.3 is 9.84 Å². The van der Waals surface area contributed by atoms with Gasteiger partial charge in [0.15, 0.2) is 6.04 Å². The summed E-state index contributed by atoms with van der Waals surface area (Å²) >= 11 is 0. The number of nitrogens with zero attached hydrogens (tertiary/aromatic N) is 3. The zero-order chi connectivity index (χ0) is 24.5. The number of carboxylic acids is 1. The van der Waals surface area contributed by atoms with Crippen LogP contribution >= 0.6 is 0 Å². The zero-order valence-electron chi connectivity index (χ0n) is 19.6. The van der Waals surface area contributed by atoms with E-state index >= 15 is 0 Å².